The molecule has 1 aromatic carbocycles. The summed E-state index contributed by atoms with van der Waals surface area (Å²) < 4.78 is 0. The predicted octanol–water partition coefficient (Wildman–Crippen LogP) is 4.76. The van der Waals surface area contributed by atoms with Gasteiger partial charge in [0.05, 0.1) is 0 Å². The fraction of sp³-hybridized carbons (Fsp3) is 0.522. The molecule has 1 saturated carbocycles. The van der Waals surface area contributed by atoms with Crippen LogP contribution in [0.25, 0.3) is 11.1 Å². The summed E-state index contributed by atoms with van der Waals surface area (Å²) >= 11 is 0. The van der Waals surface area contributed by atoms with Gasteiger partial charge in [0, 0.05) is 42.7 Å². The Bertz CT molecular complexity index is 791. The highest BCUT2D eigenvalue weighted by Crippen LogP contribution is 2.24. The van der Waals surface area contributed by atoms with Gasteiger partial charge in [0.25, 0.3) is 5.91 Å². The van der Waals surface area contributed by atoms with E-state index in [0.29, 0.717) is 17.9 Å². The van der Waals surface area contributed by atoms with E-state index >= 15 is 0 Å². The molecule has 0 unspecified atom stereocenters. The van der Waals surface area contributed by atoms with Crippen LogP contribution in [-0.4, -0.2) is 39.9 Å². The highest BCUT2D eigenvalue weighted by molar-refractivity contribution is 5.95. The zero-order valence-corrected chi connectivity index (χ0v) is 16.7. The number of hydrogen-bond donors (Lipinski definition) is 1. The van der Waals surface area contributed by atoms with Gasteiger partial charge in [0.15, 0.2) is 0 Å². The van der Waals surface area contributed by atoms with Crippen LogP contribution in [0.4, 0.5) is 5.95 Å². The predicted molar refractivity (Wildman–Crippen MR) is 112 cm³/mol. The van der Waals surface area contributed by atoms with E-state index in [1.165, 1.54) is 32.1 Å². The van der Waals surface area contributed by atoms with E-state index in [1.807, 2.05) is 41.6 Å². The Morgan fingerprint density at radius 2 is 1.71 bits per heavy atom. The molecule has 0 atom stereocenters. The zero-order chi connectivity index (χ0) is 19.3. The van der Waals surface area contributed by atoms with Crippen molar-refractivity contribution in [3.63, 3.8) is 0 Å². The molecule has 0 radical (unpaired) electrons. The van der Waals surface area contributed by atoms with Gasteiger partial charge in [-0.25, -0.2) is 9.97 Å². The number of benzene rings is 1. The molecule has 1 amide bonds. The first-order valence-electron chi connectivity index (χ1n) is 10.7. The number of nitrogens with zero attached hydrogens (tertiary/aromatic N) is 3. The van der Waals surface area contributed by atoms with Crippen molar-refractivity contribution in [3.8, 4) is 11.1 Å². The maximum atomic E-state index is 12.9. The zero-order valence-electron chi connectivity index (χ0n) is 16.7. The van der Waals surface area contributed by atoms with E-state index in [9.17, 15) is 4.79 Å². The maximum absolute atomic E-state index is 12.9. The van der Waals surface area contributed by atoms with Crippen LogP contribution in [0.1, 0.15) is 62.2 Å². The molecular formula is C23H30N4O. The van der Waals surface area contributed by atoms with Crippen LogP contribution in [0.5, 0.6) is 0 Å². The van der Waals surface area contributed by atoms with Gasteiger partial charge in [-0.05, 0) is 49.3 Å². The summed E-state index contributed by atoms with van der Waals surface area (Å²) in [5, 5.41) is 3.45. The van der Waals surface area contributed by atoms with Crippen molar-refractivity contribution in [2.24, 2.45) is 5.92 Å². The maximum Gasteiger partial charge on any atom is 0.253 e. The normalized spacial score (nSPS) is 18.8. The average Bonchev–Trinajstić information content (AvgIpc) is 2.75. The smallest absolute Gasteiger partial charge is 0.253 e. The molecular weight excluding hydrogens is 348 g/mol. The van der Waals surface area contributed by atoms with Gasteiger partial charge < -0.3 is 10.2 Å². The molecule has 5 nitrogen and oxygen atoms in total. The first-order valence-corrected chi connectivity index (χ1v) is 10.7. The minimum absolute atomic E-state index is 0.130. The summed E-state index contributed by atoms with van der Waals surface area (Å²) in [6, 6.07) is 8.33. The lowest BCUT2D eigenvalue weighted by Gasteiger charge is -2.30. The number of hydrogen-bond acceptors (Lipinski definition) is 4. The third-order valence-electron chi connectivity index (χ3n) is 6.10. The molecule has 5 heteroatoms. The van der Waals surface area contributed by atoms with Gasteiger partial charge in [-0.15, -0.1) is 0 Å². The fourth-order valence-corrected chi connectivity index (χ4v) is 4.21. The minimum atomic E-state index is 0.130. The molecule has 0 spiro atoms. The lowest BCUT2D eigenvalue weighted by Crippen LogP contribution is -2.37. The second-order valence-corrected chi connectivity index (χ2v) is 8.33. The van der Waals surface area contributed by atoms with Crippen LogP contribution in [-0.2, 0) is 0 Å². The number of likely N-dealkylation sites (tertiary alicyclic amines) is 1. The lowest BCUT2D eigenvalue weighted by molar-refractivity contribution is 0.0697. The third kappa shape index (κ3) is 4.51. The van der Waals surface area contributed by atoms with Gasteiger partial charge in [0.2, 0.25) is 5.95 Å². The monoisotopic (exact) mass is 378 g/mol. The average molecular weight is 379 g/mol. The second kappa shape index (κ2) is 8.72. The highest BCUT2D eigenvalue weighted by atomic mass is 16.2. The Kier molecular flexibility index (Phi) is 5.89. The number of aromatic nitrogens is 2. The van der Waals surface area contributed by atoms with Crippen LogP contribution in [0, 0.1) is 5.92 Å². The Hall–Kier alpha value is -2.43. The minimum Gasteiger partial charge on any atom is -0.351 e. The summed E-state index contributed by atoms with van der Waals surface area (Å²) in [7, 11) is 0. The number of carbonyl (C=O) groups excluding carboxylic acids is 1. The molecule has 1 aliphatic heterocycles. The van der Waals surface area contributed by atoms with Crippen molar-refractivity contribution >= 4 is 11.9 Å². The van der Waals surface area contributed by atoms with Crippen molar-refractivity contribution in [1.82, 2.24) is 14.9 Å². The molecule has 1 aliphatic carbocycles. The van der Waals surface area contributed by atoms with Crippen molar-refractivity contribution in [3.05, 3.63) is 42.2 Å². The van der Waals surface area contributed by atoms with E-state index in [4.69, 9.17) is 0 Å². The summed E-state index contributed by atoms with van der Waals surface area (Å²) in [6.45, 7) is 3.97. The Morgan fingerprint density at radius 1 is 1.00 bits per heavy atom. The van der Waals surface area contributed by atoms with Crippen molar-refractivity contribution in [1.29, 1.82) is 0 Å². The first kappa shape index (κ1) is 18.9. The Morgan fingerprint density at radius 3 is 2.43 bits per heavy atom. The first-order chi connectivity index (χ1) is 13.7. The number of carbonyl (C=O) groups is 1. The van der Waals surface area contributed by atoms with Crippen LogP contribution < -0.4 is 5.32 Å². The molecule has 2 aliphatic rings. The number of nitrogens with one attached hydrogen (secondary N) is 1. The van der Waals surface area contributed by atoms with E-state index in [0.717, 1.165) is 42.6 Å². The quantitative estimate of drug-likeness (QED) is 0.833. The highest BCUT2D eigenvalue weighted by Gasteiger charge is 2.21. The van der Waals surface area contributed by atoms with Crippen molar-refractivity contribution in [2.45, 2.75) is 57.9 Å². The van der Waals surface area contributed by atoms with Gasteiger partial charge >= 0.3 is 0 Å². The van der Waals surface area contributed by atoms with Gasteiger partial charge in [-0.1, -0.05) is 38.3 Å². The summed E-state index contributed by atoms with van der Waals surface area (Å²) in [4.78, 5) is 23.8. The SMILES string of the molecule is CC1CCN(C(=O)c2cccc(-c3cnc(NC4CCCCC4)nc3)c2)CC1. The Labute approximate surface area is 167 Å². The van der Waals surface area contributed by atoms with Gasteiger partial charge in [-0.2, -0.15) is 0 Å². The molecule has 1 aromatic heterocycles. The fourth-order valence-electron chi connectivity index (χ4n) is 4.21. The molecule has 1 N–H and O–H groups in total. The van der Waals surface area contributed by atoms with Crippen LogP contribution in [0.15, 0.2) is 36.7 Å². The van der Waals surface area contributed by atoms with Crippen LogP contribution in [0.3, 0.4) is 0 Å². The summed E-state index contributed by atoms with van der Waals surface area (Å²) in [6.07, 6.45) is 12.2. The van der Waals surface area contributed by atoms with Crippen molar-refractivity contribution < 1.29 is 4.79 Å². The van der Waals surface area contributed by atoms with Gasteiger partial charge in [-0.3, -0.25) is 4.79 Å². The van der Waals surface area contributed by atoms with Crippen molar-refractivity contribution in [2.75, 3.05) is 18.4 Å². The van der Waals surface area contributed by atoms with Crippen LogP contribution in [0.2, 0.25) is 0 Å². The van der Waals surface area contributed by atoms with E-state index < -0.39 is 0 Å². The largest absolute Gasteiger partial charge is 0.351 e. The lowest BCUT2D eigenvalue weighted by atomic mass is 9.96. The number of piperidine rings is 1. The number of rotatable bonds is 4. The molecule has 0 bridgehead atoms. The molecule has 1 saturated heterocycles. The second-order valence-electron chi connectivity index (χ2n) is 8.33. The molecule has 28 heavy (non-hydrogen) atoms. The molecule has 148 valence electrons. The molecule has 2 heterocycles. The number of amides is 1. The summed E-state index contributed by atoms with van der Waals surface area (Å²) in [5.41, 5.74) is 2.67. The summed E-state index contributed by atoms with van der Waals surface area (Å²) in [5.74, 6) is 1.55. The standard InChI is InChI=1S/C23H30N4O/c1-17-10-12-27(13-11-17)22(28)19-7-5-6-18(14-19)20-15-24-23(25-16-20)26-21-8-3-2-4-9-21/h5-7,14-17,21H,2-4,8-13H2,1H3,(H,24,25,26). The molecule has 2 fully saturated rings. The van der Waals surface area contributed by atoms with E-state index in [1.54, 1.807) is 0 Å². The van der Waals surface area contributed by atoms with Crippen LogP contribution >= 0.6 is 0 Å². The van der Waals surface area contributed by atoms with Gasteiger partial charge in [0.1, 0.15) is 0 Å². The van der Waals surface area contributed by atoms with E-state index in [-0.39, 0.29) is 5.91 Å². The molecule has 2 aromatic rings. The van der Waals surface area contributed by atoms with E-state index in [2.05, 4.69) is 22.2 Å². The topological polar surface area (TPSA) is 58.1 Å². The Balaban J connectivity index is 1.44. The molecule has 4 rings (SSSR count). The number of anilines is 1. The third-order valence-corrected chi connectivity index (χ3v) is 6.10.